The summed E-state index contributed by atoms with van der Waals surface area (Å²) in [5.41, 5.74) is 0.367. The van der Waals surface area contributed by atoms with Crippen LogP contribution in [-0.2, 0) is 6.18 Å². The van der Waals surface area contributed by atoms with Crippen LogP contribution in [0.1, 0.15) is 5.82 Å². The number of halogens is 3. The van der Waals surface area contributed by atoms with Crippen LogP contribution in [0.3, 0.4) is 0 Å². The van der Waals surface area contributed by atoms with Gasteiger partial charge in [-0.05, 0) is 18.5 Å². The molecule has 4 nitrogen and oxygen atoms in total. The Morgan fingerprint density at radius 3 is 2.50 bits per heavy atom. The number of piperazine rings is 1. The van der Waals surface area contributed by atoms with Gasteiger partial charge in [-0.1, -0.05) is 0 Å². The number of fused-ring (bicyclic) bond motifs is 1. The van der Waals surface area contributed by atoms with Gasteiger partial charge in [0.15, 0.2) is 5.82 Å². The maximum atomic E-state index is 12.9. The third-order valence-corrected chi connectivity index (χ3v) is 4.24. The number of aromatic nitrogens is 2. The fourth-order valence-electron chi connectivity index (χ4n) is 2.21. The van der Waals surface area contributed by atoms with E-state index in [0.29, 0.717) is 24.4 Å². The van der Waals surface area contributed by atoms with Crippen LogP contribution < -0.4 is 4.90 Å². The van der Waals surface area contributed by atoms with Crippen LogP contribution in [0.2, 0.25) is 0 Å². The first-order valence-corrected chi connectivity index (χ1v) is 7.09. The maximum Gasteiger partial charge on any atom is 0.451 e. The van der Waals surface area contributed by atoms with Crippen molar-refractivity contribution in [1.82, 2.24) is 14.9 Å². The monoisotopic (exact) mass is 302 g/mol. The molecule has 1 aliphatic heterocycles. The number of thiophene rings is 1. The predicted molar refractivity (Wildman–Crippen MR) is 72.1 cm³/mol. The van der Waals surface area contributed by atoms with E-state index in [1.54, 1.807) is 11.4 Å². The molecule has 20 heavy (non-hydrogen) atoms. The van der Waals surface area contributed by atoms with Gasteiger partial charge in [-0.2, -0.15) is 13.2 Å². The van der Waals surface area contributed by atoms with Gasteiger partial charge in [-0.15, -0.1) is 11.3 Å². The van der Waals surface area contributed by atoms with Crippen molar-refractivity contribution in [3.05, 3.63) is 17.3 Å². The molecule has 0 aromatic carbocycles. The highest BCUT2D eigenvalue weighted by Crippen LogP contribution is 2.34. The highest BCUT2D eigenvalue weighted by molar-refractivity contribution is 7.17. The third kappa shape index (κ3) is 2.45. The van der Waals surface area contributed by atoms with E-state index in [4.69, 9.17) is 0 Å². The Morgan fingerprint density at radius 1 is 1.15 bits per heavy atom. The molecular formula is C12H13F3N4S. The summed E-state index contributed by atoms with van der Waals surface area (Å²) in [5, 5.41) is 1.75. The Morgan fingerprint density at radius 2 is 1.85 bits per heavy atom. The van der Waals surface area contributed by atoms with Crippen LogP contribution in [0.25, 0.3) is 10.2 Å². The second kappa shape index (κ2) is 4.85. The Balaban J connectivity index is 2.06. The molecule has 0 amide bonds. The van der Waals surface area contributed by atoms with Gasteiger partial charge >= 0.3 is 6.18 Å². The second-order valence-corrected chi connectivity index (χ2v) is 5.71. The average molecular weight is 302 g/mol. The van der Waals surface area contributed by atoms with E-state index >= 15 is 0 Å². The first kappa shape index (κ1) is 13.6. The predicted octanol–water partition coefficient (Wildman–Crippen LogP) is 2.46. The zero-order chi connectivity index (χ0) is 14.3. The second-order valence-electron chi connectivity index (χ2n) is 4.79. The van der Waals surface area contributed by atoms with Gasteiger partial charge in [0.2, 0.25) is 5.82 Å². The fourth-order valence-corrected chi connectivity index (χ4v) is 3.05. The molecule has 0 atom stereocenters. The van der Waals surface area contributed by atoms with Crippen LogP contribution >= 0.6 is 11.3 Å². The van der Waals surface area contributed by atoms with Gasteiger partial charge in [0.1, 0.15) is 0 Å². The summed E-state index contributed by atoms with van der Waals surface area (Å²) in [5.74, 6) is -0.650. The van der Waals surface area contributed by atoms with E-state index in [1.165, 1.54) is 11.3 Å². The molecule has 0 aliphatic carbocycles. The molecule has 0 radical (unpaired) electrons. The molecule has 2 aromatic heterocycles. The number of rotatable bonds is 1. The van der Waals surface area contributed by atoms with Gasteiger partial charge in [0.05, 0.1) is 10.2 Å². The summed E-state index contributed by atoms with van der Waals surface area (Å²) >= 11 is 1.38. The SMILES string of the molecule is CN1CCN(c2nc(C(F)(F)F)nc3ccsc23)CC1. The normalized spacial score (nSPS) is 17.9. The lowest BCUT2D eigenvalue weighted by molar-refractivity contribution is -0.144. The lowest BCUT2D eigenvalue weighted by Gasteiger charge is -2.33. The lowest BCUT2D eigenvalue weighted by Crippen LogP contribution is -2.45. The van der Waals surface area contributed by atoms with Crippen molar-refractivity contribution in [2.75, 3.05) is 38.1 Å². The Labute approximate surface area is 117 Å². The van der Waals surface area contributed by atoms with Gasteiger partial charge in [-0.25, -0.2) is 9.97 Å². The number of likely N-dealkylation sites (N-methyl/N-ethyl adjacent to an activating group) is 1. The zero-order valence-electron chi connectivity index (χ0n) is 10.8. The fraction of sp³-hybridized carbons (Fsp3) is 0.500. The summed E-state index contributed by atoms with van der Waals surface area (Å²) in [4.78, 5) is 11.4. The standard InChI is InChI=1S/C12H13F3N4S/c1-18-3-5-19(6-4-18)10-9-8(2-7-20-9)16-11(17-10)12(13,14)15/h2,7H,3-6H2,1H3. The zero-order valence-corrected chi connectivity index (χ0v) is 11.6. The summed E-state index contributed by atoms with van der Waals surface area (Å²) in [6, 6.07) is 1.61. The van der Waals surface area contributed by atoms with E-state index in [-0.39, 0.29) is 0 Å². The summed E-state index contributed by atoms with van der Waals surface area (Å²) in [7, 11) is 2.00. The highest BCUT2D eigenvalue weighted by atomic mass is 32.1. The van der Waals surface area contributed by atoms with Crippen molar-refractivity contribution in [2.24, 2.45) is 0 Å². The quantitative estimate of drug-likeness (QED) is 0.810. The van der Waals surface area contributed by atoms with Crippen molar-refractivity contribution >= 4 is 27.4 Å². The minimum absolute atomic E-state index is 0.367. The molecule has 8 heteroatoms. The Bertz CT molecular complexity index is 617. The summed E-state index contributed by atoms with van der Waals surface area (Å²) in [6.45, 7) is 2.99. The molecule has 0 spiro atoms. The highest BCUT2D eigenvalue weighted by Gasteiger charge is 2.36. The van der Waals surface area contributed by atoms with Crippen LogP contribution in [0.15, 0.2) is 11.4 Å². The molecule has 3 heterocycles. The number of hydrogen-bond acceptors (Lipinski definition) is 5. The summed E-state index contributed by atoms with van der Waals surface area (Å²) in [6.07, 6.45) is -4.52. The minimum atomic E-state index is -4.52. The van der Waals surface area contributed by atoms with Crippen LogP contribution in [0.4, 0.5) is 19.0 Å². The minimum Gasteiger partial charge on any atom is -0.353 e. The van der Waals surface area contributed by atoms with Crippen LogP contribution in [0, 0.1) is 0 Å². The molecule has 3 rings (SSSR count). The Kier molecular flexibility index (Phi) is 3.29. The number of hydrogen-bond donors (Lipinski definition) is 0. The van der Waals surface area contributed by atoms with Crippen LogP contribution in [-0.4, -0.2) is 48.1 Å². The van der Waals surface area contributed by atoms with Gasteiger partial charge in [-0.3, -0.25) is 0 Å². The Hall–Kier alpha value is -1.41. The van der Waals surface area contributed by atoms with Crippen LogP contribution in [0.5, 0.6) is 0 Å². The van der Waals surface area contributed by atoms with Crippen molar-refractivity contribution < 1.29 is 13.2 Å². The molecule has 1 fully saturated rings. The molecule has 108 valence electrons. The molecule has 2 aromatic rings. The first-order chi connectivity index (χ1) is 9.45. The van der Waals surface area contributed by atoms with E-state index in [2.05, 4.69) is 14.9 Å². The molecular weight excluding hydrogens is 289 g/mol. The molecule has 0 N–H and O–H groups in total. The number of anilines is 1. The average Bonchev–Trinajstić information content (AvgIpc) is 2.85. The van der Waals surface area contributed by atoms with E-state index in [1.807, 2.05) is 11.9 Å². The maximum absolute atomic E-state index is 12.9. The van der Waals surface area contributed by atoms with Crippen molar-refractivity contribution in [3.63, 3.8) is 0 Å². The smallest absolute Gasteiger partial charge is 0.353 e. The number of nitrogens with zero attached hydrogens (tertiary/aromatic N) is 4. The number of alkyl halides is 3. The summed E-state index contributed by atoms with van der Waals surface area (Å²) < 4.78 is 39.4. The van der Waals surface area contributed by atoms with E-state index in [9.17, 15) is 13.2 Å². The lowest BCUT2D eigenvalue weighted by atomic mass is 10.3. The van der Waals surface area contributed by atoms with Crippen molar-refractivity contribution in [3.8, 4) is 0 Å². The molecule has 0 unspecified atom stereocenters. The molecule has 0 bridgehead atoms. The molecule has 1 saturated heterocycles. The van der Waals surface area contributed by atoms with Crippen molar-refractivity contribution in [2.45, 2.75) is 6.18 Å². The van der Waals surface area contributed by atoms with E-state index < -0.39 is 12.0 Å². The van der Waals surface area contributed by atoms with Gasteiger partial charge < -0.3 is 9.80 Å². The third-order valence-electron chi connectivity index (χ3n) is 3.34. The largest absolute Gasteiger partial charge is 0.451 e. The molecule has 1 aliphatic rings. The first-order valence-electron chi connectivity index (χ1n) is 6.21. The van der Waals surface area contributed by atoms with Crippen molar-refractivity contribution in [1.29, 1.82) is 0 Å². The topological polar surface area (TPSA) is 32.3 Å². The van der Waals surface area contributed by atoms with E-state index in [0.717, 1.165) is 17.8 Å². The van der Waals surface area contributed by atoms with Gasteiger partial charge in [0.25, 0.3) is 0 Å². The van der Waals surface area contributed by atoms with Gasteiger partial charge in [0, 0.05) is 26.2 Å². The molecule has 0 saturated carbocycles.